The molecule has 102 valence electrons. The van der Waals surface area contributed by atoms with E-state index < -0.39 is 0 Å². The van der Waals surface area contributed by atoms with Crippen molar-refractivity contribution in [1.82, 2.24) is 5.32 Å². The molecule has 1 aliphatic rings. The fourth-order valence-electron chi connectivity index (χ4n) is 1.87. The smallest absolute Gasteiger partial charge is 0.142 e. The maximum absolute atomic E-state index is 5.63. The van der Waals surface area contributed by atoms with E-state index in [0.717, 1.165) is 37.7 Å². The van der Waals surface area contributed by atoms with Crippen LogP contribution in [0.2, 0.25) is 0 Å². The lowest BCUT2D eigenvalue weighted by Crippen LogP contribution is -2.42. The second kappa shape index (κ2) is 8.19. The third kappa shape index (κ3) is 4.37. The summed E-state index contributed by atoms with van der Waals surface area (Å²) in [7, 11) is 0. The SMILES string of the molecule is CCOc1ccccc1NCC1CNCCO1.Cl. The molecule has 0 aliphatic carbocycles. The molecule has 1 unspecified atom stereocenters. The predicted molar refractivity (Wildman–Crippen MR) is 76.0 cm³/mol. The average molecular weight is 273 g/mol. The number of benzene rings is 1. The molecule has 0 amide bonds. The van der Waals surface area contributed by atoms with Crippen LogP contribution in [0, 0.1) is 0 Å². The number of ether oxygens (including phenoxy) is 2. The minimum atomic E-state index is 0. The van der Waals surface area contributed by atoms with Crippen LogP contribution in [0.15, 0.2) is 24.3 Å². The van der Waals surface area contributed by atoms with Crippen molar-refractivity contribution >= 4 is 18.1 Å². The second-order valence-corrected chi connectivity index (χ2v) is 4.01. The summed E-state index contributed by atoms with van der Waals surface area (Å²) in [5, 5.41) is 6.69. The standard InChI is InChI=1S/C13H20N2O2.ClH/c1-2-16-13-6-4-3-5-12(13)15-10-11-9-14-7-8-17-11;/h3-6,11,14-15H,2,7-10H2,1H3;1H. The Balaban J connectivity index is 0.00000162. The first-order valence-corrected chi connectivity index (χ1v) is 6.18. The highest BCUT2D eigenvalue weighted by Crippen LogP contribution is 2.23. The molecule has 0 bridgehead atoms. The Morgan fingerprint density at radius 3 is 3.00 bits per heavy atom. The number of rotatable bonds is 5. The maximum atomic E-state index is 5.63. The number of halogens is 1. The number of morpholine rings is 1. The van der Waals surface area contributed by atoms with E-state index in [2.05, 4.69) is 10.6 Å². The molecule has 1 atom stereocenters. The number of hydrogen-bond donors (Lipinski definition) is 2. The highest BCUT2D eigenvalue weighted by atomic mass is 35.5. The van der Waals surface area contributed by atoms with Crippen LogP contribution in [-0.2, 0) is 4.74 Å². The van der Waals surface area contributed by atoms with E-state index in [4.69, 9.17) is 9.47 Å². The lowest BCUT2D eigenvalue weighted by atomic mass is 10.2. The number of hydrogen-bond acceptors (Lipinski definition) is 4. The zero-order chi connectivity index (χ0) is 11.9. The number of para-hydroxylation sites is 2. The van der Waals surface area contributed by atoms with Crippen LogP contribution in [0.5, 0.6) is 5.75 Å². The summed E-state index contributed by atoms with van der Waals surface area (Å²) in [5.74, 6) is 0.902. The van der Waals surface area contributed by atoms with Gasteiger partial charge in [-0.1, -0.05) is 12.1 Å². The Morgan fingerprint density at radius 2 is 2.28 bits per heavy atom. The monoisotopic (exact) mass is 272 g/mol. The lowest BCUT2D eigenvalue weighted by molar-refractivity contribution is 0.0372. The van der Waals surface area contributed by atoms with E-state index in [1.54, 1.807) is 0 Å². The van der Waals surface area contributed by atoms with E-state index in [0.29, 0.717) is 6.61 Å². The molecule has 0 spiro atoms. The zero-order valence-electron chi connectivity index (χ0n) is 10.6. The normalized spacial score (nSPS) is 18.8. The third-order valence-electron chi connectivity index (χ3n) is 2.71. The van der Waals surface area contributed by atoms with Crippen LogP contribution in [0.4, 0.5) is 5.69 Å². The summed E-state index contributed by atoms with van der Waals surface area (Å²) in [6.45, 7) is 6.12. The van der Waals surface area contributed by atoms with Gasteiger partial charge in [0.2, 0.25) is 0 Å². The maximum Gasteiger partial charge on any atom is 0.142 e. The highest BCUT2D eigenvalue weighted by molar-refractivity contribution is 5.85. The van der Waals surface area contributed by atoms with Gasteiger partial charge in [-0.25, -0.2) is 0 Å². The Morgan fingerprint density at radius 1 is 1.44 bits per heavy atom. The summed E-state index contributed by atoms with van der Waals surface area (Å²) in [4.78, 5) is 0. The Bertz CT molecular complexity index is 344. The van der Waals surface area contributed by atoms with Gasteiger partial charge in [-0.15, -0.1) is 12.4 Å². The third-order valence-corrected chi connectivity index (χ3v) is 2.71. The molecule has 0 aromatic heterocycles. The molecule has 1 aromatic carbocycles. The van der Waals surface area contributed by atoms with Gasteiger partial charge in [-0.3, -0.25) is 0 Å². The second-order valence-electron chi connectivity index (χ2n) is 4.01. The van der Waals surface area contributed by atoms with Crippen molar-refractivity contribution in [2.75, 3.05) is 38.2 Å². The largest absolute Gasteiger partial charge is 0.492 e. The molecule has 1 heterocycles. The van der Waals surface area contributed by atoms with Crippen molar-refractivity contribution in [3.05, 3.63) is 24.3 Å². The molecule has 1 aromatic rings. The Hall–Kier alpha value is -0.970. The quantitative estimate of drug-likeness (QED) is 0.859. The molecule has 1 fully saturated rings. The van der Waals surface area contributed by atoms with Crippen molar-refractivity contribution in [3.63, 3.8) is 0 Å². The first-order chi connectivity index (χ1) is 8.40. The molecule has 0 saturated carbocycles. The van der Waals surface area contributed by atoms with Crippen LogP contribution >= 0.6 is 12.4 Å². The van der Waals surface area contributed by atoms with E-state index >= 15 is 0 Å². The van der Waals surface area contributed by atoms with Crippen molar-refractivity contribution < 1.29 is 9.47 Å². The number of anilines is 1. The molecule has 2 rings (SSSR count). The highest BCUT2D eigenvalue weighted by Gasteiger charge is 2.13. The molecule has 18 heavy (non-hydrogen) atoms. The summed E-state index contributed by atoms with van der Waals surface area (Å²) in [6.07, 6.45) is 0.235. The molecule has 1 saturated heterocycles. The van der Waals surface area contributed by atoms with Crippen molar-refractivity contribution in [2.24, 2.45) is 0 Å². The minimum absolute atomic E-state index is 0. The first kappa shape index (κ1) is 15.1. The Kier molecular flexibility index (Phi) is 6.86. The van der Waals surface area contributed by atoms with E-state index in [1.165, 1.54) is 0 Å². The molecule has 5 heteroatoms. The van der Waals surface area contributed by atoms with Crippen LogP contribution < -0.4 is 15.4 Å². The van der Waals surface area contributed by atoms with E-state index in [-0.39, 0.29) is 18.5 Å². The van der Waals surface area contributed by atoms with Crippen LogP contribution in [0.3, 0.4) is 0 Å². The van der Waals surface area contributed by atoms with Gasteiger partial charge in [0.25, 0.3) is 0 Å². The van der Waals surface area contributed by atoms with Gasteiger partial charge in [0.05, 0.1) is 25.0 Å². The van der Waals surface area contributed by atoms with Gasteiger partial charge in [0, 0.05) is 19.6 Å². The molecular weight excluding hydrogens is 252 g/mol. The lowest BCUT2D eigenvalue weighted by Gasteiger charge is -2.24. The van der Waals surface area contributed by atoms with E-state index in [9.17, 15) is 0 Å². The Labute approximate surface area is 114 Å². The van der Waals surface area contributed by atoms with Gasteiger partial charge in [-0.05, 0) is 19.1 Å². The topological polar surface area (TPSA) is 42.5 Å². The molecule has 4 nitrogen and oxygen atoms in total. The van der Waals surface area contributed by atoms with Crippen molar-refractivity contribution in [3.8, 4) is 5.75 Å². The van der Waals surface area contributed by atoms with Gasteiger partial charge in [0.15, 0.2) is 0 Å². The average Bonchev–Trinajstić information content (AvgIpc) is 2.39. The first-order valence-electron chi connectivity index (χ1n) is 6.18. The van der Waals surface area contributed by atoms with Crippen LogP contribution in [0.25, 0.3) is 0 Å². The summed E-state index contributed by atoms with van der Waals surface area (Å²) in [6, 6.07) is 7.99. The van der Waals surface area contributed by atoms with Gasteiger partial charge >= 0.3 is 0 Å². The molecular formula is C13H21ClN2O2. The fourth-order valence-corrected chi connectivity index (χ4v) is 1.87. The summed E-state index contributed by atoms with van der Waals surface area (Å²) in [5.41, 5.74) is 1.03. The minimum Gasteiger partial charge on any atom is -0.492 e. The van der Waals surface area contributed by atoms with Crippen molar-refractivity contribution in [1.29, 1.82) is 0 Å². The van der Waals surface area contributed by atoms with Crippen molar-refractivity contribution in [2.45, 2.75) is 13.0 Å². The van der Waals surface area contributed by atoms with Crippen LogP contribution in [0.1, 0.15) is 6.92 Å². The fraction of sp³-hybridized carbons (Fsp3) is 0.538. The molecule has 2 N–H and O–H groups in total. The van der Waals surface area contributed by atoms with Gasteiger partial charge < -0.3 is 20.1 Å². The van der Waals surface area contributed by atoms with Gasteiger partial charge in [0.1, 0.15) is 5.75 Å². The summed E-state index contributed by atoms with van der Waals surface area (Å²) < 4.78 is 11.2. The number of nitrogens with one attached hydrogen (secondary N) is 2. The molecule has 1 aliphatic heterocycles. The predicted octanol–water partition coefficient (Wildman–Crippen LogP) is 1.91. The molecule has 0 radical (unpaired) electrons. The zero-order valence-corrected chi connectivity index (χ0v) is 11.5. The van der Waals surface area contributed by atoms with Gasteiger partial charge in [-0.2, -0.15) is 0 Å². The van der Waals surface area contributed by atoms with E-state index in [1.807, 2.05) is 31.2 Å². The summed E-state index contributed by atoms with van der Waals surface area (Å²) >= 11 is 0. The van der Waals surface area contributed by atoms with Crippen LogP contribution in [-0.4, -0.2) is 39.0 Å².